The van der Waals surface area contributed by atoms with Crippen molar-refractivity contribution < 1.29 is 14.3 Å². The summed E-state index contributed by atoms with van der Waals surface area (Å²) in [5.41, 5.74) is 4.74. The van der Waals surface area contributed by atoms with Crippen LogP contribution >= 0.6 is 12.4 Å². The molecule has 1 aliphatic carbocycles. The molecule has 0 aromatic heterocycles. The number of methoxy groups -OCH3 is 1. The van der Waals surface area contributed by atoms with E-state index in [1.54, 1.807) is 0 Å². The van der Waals surface area contributed by atoms with E-state index in [-0.39, 0.29) is 35.1 Å². The lowest BCUT2D eigenvalue weighted by molar-refractivity contribution is -0.140. The molecule has 0 saturated carbocycles. The molecule has 2 heterocycles. The van der Waals surface area contributed by atoms with Crippen LogP contribution in [0.5, 0.6) is 0 Å². The van der Waals surface area contributed by atoms with Crippen molar-refractivity contribution in [1.82, 2.24) is 10.2 Å². The van der Waals surface area contributed by atoms with Crippen molar-refractivity contribution in [2.45, 2.75) is 45.4 Å². The number of ether oxygens (including phenoxy) is 1. The molecule has 0 radical (unpaired) electrons. The third-order valence-electron chi connectivity index (χ3n) is 8.91. The van der Waals surface area contributed by atoms with Gasteiger partial charge in [0, 0.05) is 23.9 Å². The number of nitrogens with zero attached hydrogens (tertiary/aromatic N) is 1. The van der Waals surface area contributed by atoms with E-state index in [0.717, 1.165) is 50.0 Å². The molecular weight excluding hydrogens is 496 g/mol. The Kier molecular flexibility index (Phi) is 7.92. The van der Waals surface area contributed by atoms with Gasteiger partial charge in [-0.05, 0) is 61.2 Å². The molecule has 3 aliphatic rings. The molecule has 0 unspecified atom stereocenters. The zero-order valence-electron chi connectivity index (χ0n) is 22.9. The first-order valence-corrected chi connectivity index (χ1v) is 13.4. The van der Waals surface area contributed by atoms with Crippen LogP contribution in [0.2, 0.25) is 0 Å². The summed E-state index contributed by atoms with van der Waals surface area (Å²) >= 11 is 0. The molecular formula is C32H39ClN2O3. The number of hydrogen-bond acceptors (Lipinski definition) is 4. The number of amides is 1. The normalized spacial score (nSPS) is 23.7. The monoisotopic (exact) mass is 534 g/mol. The molecule has 5 rings (SSSR count). The minimum absolute atomic E-state index is 0. The average molecular weight is 535 g/mol. The van der Waals surface area contributed by atoms with Gasteiger partial charge in [-0.3, -0.25) is 4.79 Å². The number of nitrogens with one attached hydrogen (secondary N) is 1. The Bertz CT molecular complexity index is 1240. The molecule has 1 saturated heterocycles. The molecule has 5 nitrogen and oxygen atoms in total. The van der Waals surface area contributed by atoms with Crippen molar-refractivity contribution >= 4 is 29.9 Å². The summed E-state index contributed by atoms with van der Waals surface area (Å²) < 4.78 is 4.86. The summed E-state index contributed by atoms with van der Waals surface area (Å²) in [5.74, 6) is -0.0551. The SMILES string of the molecule is COC(=O)c1ccc(C2=CC[C@]3(C)CN(C(=O)C4(c5ccccc5)CCNCC4)CC=C3C2(C)C)cc1.Cl. The van der Waals surface area contributed by atoms with Gasteiger partial charge in [-0.15, -0.1) is 12.4 Å². The molecule has 202 valence electrons. The Hall–Kier alpha value is -2.89. The zero-order chi connectivity index (χ0) is 26.3. The summed E-state index contributed by atoms with van der Waals surface area (Å²) in [6.45, 7) is 9.97. The molecule has 1 fully saturated rings. The van der Waals surface area contributed by atoms with Gasteiger partial charge in [-0.2, -0.15) is 0 Å². The van der Waals surface area contributed by atoms with Crippen LogP contribution in [0.3, 0.4) is 0 Å². The zero-order valence-corrected chi connectivity index (χ0v) is 23.7. The summed E-state index contributed by atoms with van der Waals surface area (Å²) in [6.07, 6.45) is 7.19. The highest BCUT2D eigenvalue weighted by Gasteiger charge is 2.50. The number of fused-ring (bicyclic) bond motifs is 1. The number of halogens is 1. The predicted molar refractivity (Wildman–Crippen MR) is 154 cm³/mol. The molecule has 6 heteroatoms. The Balaban J connectivity index is 0.00000336. The van der Waals surface area contributed by atoms with Crippen LogP contribution in [0, 0.1) is 10.8 Å². The van der Waals surface area contributed by atoms with E-state index in [1.165, 1.54) is 18.3 Å². The van der Waals surface area contributed by atoms with Gasteiger partial charge in [0.2, 0.25) is 5.91 Å². The fourth-order valence-corrected chi connectivity index (χ4v) is 7.01. The third-order valence-corrected chi connectivity index (χ3v) is 8.91. The standard InChI is InChI=1S/C32H38N2O3.ClH/c1-30(2)26(23-10-12-24(13-11-23)28(35)37-4)14-16-31(3)22-34(21-15-27(30)31)29(36)32(17-19-33-20-18-32)25-8-6-5-7-9-25;/h5-15,33H,16-22H2,1-4H3;1H/t31-;/m1./s1. The smallest absolute Gasteiger partial charge is 0.337 e. The van der Waals surface area contributed by atoms with Crippen LogP contribution in [0.15, 0.2) is 72.3 Å². The van der Waals surface area contributed by atoms with E-state index in [0.29, 0.717) is 12.1 Å². The van der Waals surface area contributed by atoms with Gasteiger partial charge < -0.3 is 15.0 Å². The van der Waals surface area contributed by atoms with Crippen molar-refractivity contribution in [3.8, 4) is 0 Å². The number of carbonyl (C=O) groups is 2. The van der Waals surface area contributed by atoms with Gasteiger partial charge in [0.15, 0.2) is 0 Å². The summed E-state index contributed by atoms with van der Waals surface area (Å²) in [5, 5.41) is 3.45. The van der Waals surface area contributed by atoms with Crippen LogP contribution in [0.4, 0.5) is 0 Å². The first-order chi connectivity index (χ1) is 17.7. The van der Waals surface area contributed by atoms with E-state index in [1.807, 2.05) is 30.3 Å². The number of hydrogen-bond donors (Lipinski definition) is 1. The predicted octanol–water partition coefficient (Wildman–Crippen LogP) is 5.80. The molecule has 1 amide bonds. The lowest BCUT2D eigenvalue weighted by Crippen LogP contribution is -2.56. The summed E-state index contributed by atoms with van der Waals surface area (Å²) in [6, 6.07) is 18.1. The Morgan fingerprint density at radius 3 is 2.21 bits per heavy atom. The van der Waals surface area contributed by atoms with Gasteiger partial charge in [-0.25, -0.2) is 4.79 Å². The summed E-state index contributed by atoms with van der Waals surface area (Å²) in [4.78, 5) is 28.3. The first-order valence-electron chi connectivity index (χ1n) is 13.4. The van der Waals surface area contributed by atoms with E-state index in [4.69, 9.17) is 4.74 Å². The quantitative estimate of drug-likeness (QED) is 0.397. The summed E-state index contributed by atoms with van der Waals surface area (Å²) in [7, 11) is 1.40. The first kappa shape index (κ1) is 28.1. The Labute approximate surface area is 232 Å². The van der Waals surface area contributed by atoms with Gasteiger partial charge in [0.1, 0.15) is 0 Å². The highest BCUT2D eigenvalue weighted by molar-refractivity contribution is 5.90. The number of piperidine rings is 1. The fourth-order valence-electron chi connectivity index (χ4n) is 7.01. The minimum atomic E-state index is -0.458. The highest BCUT2D eigenvalue weighted by Crippen LogP contribution is 2.55. The Morgan fingerprint density at radius 2 is 1.58 bits per heavy atom. The molecule has 2 aliphatic heterocycles. The van der Waals surface area contributed by atoms with Crippen molar-refractivity contribution in [1.29, 1.82) is 0 Å². The van der Waals surface area contributed by atoms with Crippen LogP contribution in [0.1, 0.15) is 61.5 Å². The highest BCUT2D eigenvalue weighted by atomic mass is 35.5. The maximum atomic E-state index is 14.3. The van der Waals surface area contributed by atoms with Gasteiger partial charge in [0.25, 0.3) is 0 Å². The van der Waals surface area contributed by atoms with Gasteiger partial charge >= 0.3 is 5.97 Å². The second-order valence-electron chi connectivity index (χ2n) is 11.6. The maximum Gasteiger partial charge on any atom is 0.337 e. The minimum Gasteiger partial charge on any atom is -0.465 e. The topological polar surface area (TPSA) is 58.6 Å². The number of benzene rings is 2. The van der Waals surface area contributed by atoms with E-state index in [2.05, 4.69) is 67.4 Å². The molecule has 1 N–H and O–H groups in total. The maximum absolute atomic E-state index is 14.3. The second kappa shape index (κ2) is 10.7. The van der Waals surface area contributed by atoms with Gasteiger partial charge in [0.05, 0.1) is 18.1 Å². The van der Waals surface area contributed by atoms with Gasteiger partial charge in [-0.1, -0.05) is 81.0 Å². The van der Waals surface area contributed by atoms with E-state index >= 15 is 0 Å². The molecule has 2 aromatic carbocycles. The number of allylic oxidation sites excluding steroid dienone is 2. The molecule has 0 bridgehead atoms. The molecule has 1 atom stereocenters. The van der Waals surface area contributed by atoms with Crippen LogP contribution in [-0.4, -0.2) is 50.1 Å². The van der Waals surface area contributed by atoms with Crippen LogP contribution < -0.4 is 5.32 Å². The fraction of sp³-hybridized carbons (Fsp3) is 0.438. The number of rotatable bonds is 4. The van der Waals surface area contributed by atoms with E-state index < -0.39 is 5.41 Å². The number of carbonyl (C=O) groups excluding carboxylic acids is 2. The third kappa shape index (κ3) is 4.71. The van der Waals surface area contributed by atoms with Crippen molar-refractivity contribution in [2.75, 3.05) is 33.3 Å². The van der Waals surface area contributed by atoms with E-state index in [9.17, 15) is 9.59 Å². The molecule has 2 aromatic rings. The molecule has 0 spiro atoms. The van der Waals surface area contributed by atoms with Crippen LogP contribution in [-0.2, 0) is 14.9 Å². The lowest BCUT2D eigenvalue weighted by Gasteiger charge is -2.52. The average Bonchev–Trinajstić information content (AvgIpc) is 2.92. The van der Waals surface area contributed by atoms with Crippen LogP contribution in [0.25, 0.3) is 5.57 Å². The van der Waals surface area contributed by atoms with Crippen molar-refractivity contribution in [3.63, 3.8) is 0 Å². The lowest BCUT2D eigenvalue weighted by atomic mass is 9.58. The molecule has 38 heavy (non-hydrogen) atoms. The van der Waals surface area contributed by atoms with Crippen molar-refractivity contribution in [3.05, 3.63) is 89.0 Å². The largest absolute Gasteiger partial charge is 0.465 e. The second-order valence-corrected chi connectivity index (χ2v) is 11.6. The number of esters is 1. The van der Waals surface area contributed by atoms with Crippen molar-refractivity contribution in [2.24, 2.45) is 10.8 Å². The Morgan fingerprint density at radius 1 is 0.921 bits per heavy atom.